The van der Waals surface area contributed by atoms with Crippen molar-refractivity contribution in [3.05, 3.63) is 66.0 Å². The van der Waals surface area contributed by atoms with E-state index < -0.39 is 0 Å². The number of rotatable bonds is 3. The predicted octanol–water partition coefficient (Wildman–Crippen LogP) is 3.70. The molecule has 0 aliphatic heterocycles. The van der Waals surface area contributed by atoms with Gasteiger partial charge in [0, 0.05) is 17.1 Å². The van der Waals surface area contributed by atoms with Gasteiger partial charge in [-0.2, -0.15) is 0 Å². The lowest BCUT2D eigenvalue weighted by Gasteiger charge is -2.12. The van der Waals surface area contributed by atoms with Gasteiger partial charge in [0.1, 0.15) is 12.4 Å². The van der Waals surface area contributed by atoms with Crippen LogP contribution in [0.25, 0.3) is 10.8 Å². The van der Waals surface area contributed by atoms with Gasteiger partial charge in [-0.15, -0.1) is 0 Å². The number of ether oxygens (including phenoxy) is 1. The SMILES string of the molecule is Cc1ccc(OCc2ccncc2N)c2ccccc12. The molecule has 0 atom stereocenters. The molecule has 0 saturated carbocycles. The highest BCUT2D eigenvalue weighted by molar-refractivity contribution is 5.90. The smallest absolute Gasteiger partial charge is 0.127 e. The largest absolute Gasteiger partial charge is 0.488 e. The Hall–Kier alpha value is -2.55. The van der Waals surface area contributed by atoms with Gasteiger partial charge in [0.25, 0.3) is 0 Å². The Bertz CT molecular complexity index is 753. The minimum Gasteiger partial charge on any atom is -0.488 e. The number of hydrogen-bond donors (Lipinski definition) is 1. The summed E-state index contributed by atoms with van der Waals surface area (Å²) in [5.74, 6) is 0.877. The highest BCUT2D eigenvalue weighted by Gasteiger charge is 2.05. The Morgan fingerprint density at radius 1 is 1.05 bits per heavy atom. The van der Waals surface area contributed by atoms with Crippen LogP contribution in [0.4, 0.5) is 5.69 Å². The average Bonchev–Trinajstić information content (AvgIpc) is 2.48. The molecule has 0 bridgehead atoms. The van der Waals surface area contributed by atoms with Crippen molar-refractivity contribution in [3.8, 4) is 5.75 Å². The number of nitrogen functional groups attached to an aromatic ring is 1. The molecule has 100 valence electrons. The molecule has 0 spiro atoms. The number of benzene rings is 2. The van der Waals surface area contributed by atoms with E-state index in [-0.39, 0.29) is 0 Å². The number of anilines is 1. The third-order valence-corrected chi connectivity index (χ3v) is 3.43. The van der Waals surface area contributed by atoms with Crippen molar-refractivity contribution in [1.29, 1.82) is 0 Å². The summed E-state index contributed by atoms with van der Waals surface area (Å²) < 4.78 is 5.93. The van der Waals surface area contributed by atoms with Crippen LogP contribution in [-0.2, 0) is 6.61 Å². The number of aromatic nitrogens is 1. The summed E-state index contributed by atoms with van der Waals surface area (Å²) in [4.78, 5) is 3.98. The van der Waals surface area contributed by atoms with E-state index in [4.69, 9.17) is 10.5 Å². The van der Waals surface area contributed by atoms with Crippen LogP contribution in [0.15, 0.2) is 54.9 Å². The minimum absolute atomic E-state index is 0.446. The predicted molar refractivity (Wildman–Crippen MR) is 81.7 cm³/mol. The number of hydrogen-bond acceptors (Lipinski definition) is 3. The van der Waals surface area contributed by atoms with Gasteiger partial charge in [-0.25, -0.2) is 0 Å². The highest BCUT2D eigenvalue weighted by atomic mass is 16.5. The van der Waals surface area contributed by atoms with E-state index in [1.165, 1.54) is 10.9 Å². The molecule has 0 unspecified atom stereocenters. The van der Waals surface area contributed by atoms with E-state index in [0.717, 1.165) is 16.7 Å². The molecule has 0 aliphatic rings. The fraction of sp³-hybridized carbons (Fsp3) is 0.118. The summed E-state index contributed by atoms with van der Waals surface area (Å²) in [5, 5.41) is 2.34. The Labute approximate surface area is 118 Å². The average molecular weight is 264 g/mol. The fourth-order valence-corrected chi connectivity index (χ4v) is 2.27. The molecule has 2 aromatic carbocycles. The standard InChI is InChI=1S/C17H16N2O/c1-12-6-7-17(15-5-3-2-4-14(12)15)20-11-13-8-9-19-10-16(13)18/h2-10H,11,18H2,1H3. The Balaban J connectivity index is 1.92. The Morgan fingerprint density at radius 3 is 2.65 bits per heavy atom. The Morgan fingerprint density at radius 2 is 1.85 bits per heavy atom. The zero-order chi connectivity index (χ0) is 13.9. The normalized spacial score (nSPS) is 10.7. The summed E-state index contributed by atoms with van der Waals surface area (Å²) in [6.45, 7) is 2.55. The summed E-state index contributed by atoms with van der Waals surface area (Å²) in [6, 6.07) is 14.2. The third-order valence-electron chi connectivity index (χ3n) is 3.43. The van der Waals surface area contributed by atoms with Gasteiger partial charge in [0.15, 0.2) is 0 Å². The van der Waals surface area contributed by atoms with E-state index in [1.54, 1.807) is 12.4 Å². The molecular formula is C17H16N2O. The molecule has 3 heteroatoms. The lowest BCUT2D eigenvalue weighted by Crippen LogP contribution is -2.01. The number of nitrogens with two attached hydrogens (primary N) is 1. The molecule has 3 nitrogen and oxygen atoms in total. The van der Waals surface area contributed by atoms with Gasteiger partial charge in [-0.3, -0.25) is 4.98 Å². The van der Waals surface area contributed by atoms with Crippen molar-refractivity contribution >= 4 is 16.5 Å². The third kappa shape index (κ3) is 2.30. The molecular weight excluding hydrogens is 248 g/mol. The van der Waals surface area contributed by atoms with Crippen molar-refractivity contribution in [2.75, 3.05) is 5.73 Å². The molecule has 1 heterocycles. The molecule has 2 N–H and O–H groups in total. The van der Waals surface area contributed by atoms with Crippen LogP contribution in [0.3, 0.4) is 0 Å². The molecule has 0 radical (unpaired) electrons. The second-order valence-corrected chi connectivity index (χ2v) is 4.79. The molecule has 20 heavy (non-hydrogen) atoms. The van der Waals surface area contributed by atoms with Gasteiger partial charge in [0.2, 0.25) is 0 Å². The van der Waals surface area contributed by atoms with E-state index in [9.17, 15) is 0 Å². The topological polar surface area (TPSA) is 48.1 Å². The summed E-state index contributed by atoms with van der Waals surface area (Å²) >= 11 is 0. The first kappa shape index (κ1) is 12.5. The van der Waals surface area contributed by atoms with Crippen molar-refractivity contribution in [2.24, 2.45) is 0 Å². The maximum atomic E-state index is 5.93. The van der Waals surface area contributed by atoms with Crippen molar-refractivity contribution < 1.29 is 4.74 Å². The van der Waals surface area contributed by atoms with E-state index >= 15 is 0 Å². The van der Waals surface area contributed by atoms with Gasteiger partial charge >= 0.3 is 0 Å². The second kappa shape index (κ2) is 5.21. The molecule has 0 aliphatic carbocycles. The van der Waals surface area contributed by atoms with Gasteiger partial charge < -0.3 is 10.5 Å². The zero-order valence-electron chi connectivity index (χ0n) is 11.3. The lowest BCUT2D eigenvalue weighted by molar-refractivity contribution is 0.310. The molecule has 0 amide bonds. The number of fused-ring (bicyclic) bond motifs is 1. The van der Waals surface area contributed by atoms with E-state index in [0.29, 0.717) is 12.3 Å². The Kier molecular flexibility index (Phi) is 3.25. The first-order chi connectivity index (χ1) is 9.75. The molecule has 0 fully saturated rings. The zero-order valence-corrected chi connectivity index (χ0v) is 11.3. The number of aryl methyl sites for hydroxylation is 1. The first-order valence-corrected chi connectivity index (χ1v) is 6.55. The molecule has 3 rings (SSSR count). The molecule has 1 aromatic heterocycles. The second-order valence-electron chi connectivity index (χ2n) is 4.79. The summed E-state index contributed by atoms with van der Waals surface area (Å²) in [6.07, 6.45) is 3.37. The maximum Gasteiger partial charge on any atom is 0.127 e. The minimum atomic E-state index is 0.446. The van der Waals surface area contributed by atoms with Crippen LogP contribution < -0.4 is 10.5 Å². The highest BCUT2D eigenvalue weighted by Crippen LogP contribution is 2.29. The number of nitrogens with zero attached hydrogens (tertiary/aromatic N) is 1. The monoisotopic (exact) mass is 264 g/mol. The number of pyridine rings is 1. The molecule has 0 saturated heterocycles. The first-order valence-electron chi connectivity index (χ1n) is 6.55. The van der Waals surface area contributed by atoms with Gasteiger partial charge in [-0.1, -0.05) is 30.3 Å². The van der Waals surface area contributed by atoms with Crippen molar-refractivity contribution in [2.45, 2.75) is 13.5 Å². The quantitative estimate of drug-likeness (QED) is 0.784. The van der Waals surface area contributed by atoms with E-state index in [2.05, 4.69) is 30.1 Å². The van der Waals surface area contributed by atoms with E-state index in [1.807, 2.05) is 24.3 Å². The van der Waals surface area contributed by atoms with Crippen LogP contribution in [0, 0.1) is 6.92 Å². The lowest BCUT2D eigenvalue weighted by atomic mass is 10.0. The molecule has 3 aromatic rings. The van der Waals surface area contributed by atoms with Gasteiger partial charge in [-0.05, 0) is 30.0 Å². The summed E-state index contributed by atoms with van der Waals surface area (Å²) in [5.41, 5.74) is 8.73. The van der Waals surface area contributed by atoms with Gasteiger partial charge in [0.05, 0.1) is 11.9 Å². The van der Waals surface area contributed by atoms with Crippen LogP contribution in [0.5, 0.6) is 5.75 Å². The van der Waals surface area contributed by atoms with Crippen LogP contribution in [0.2, 0.25) is 0 Å². The van der Waals surface area contributed by atoms with Crippen LogP contribution >= 0.6 is 0 Å². The maximum absolute atomic E-state index is 5.93. The van der Waals surface area contributed by atoms with Crippen molar-refractivity contribution in [1.82, 2.24) is 4.98 Å². The van der Waals surface area contributed by atoms with Crippen LogP contribution in [-0.4, -0.2) is 4.98 Å². The fourth-order valence-electron chi connectivity index (χ4n) is 2.27. The van der Waals surface area contributed by atoms with Crippen molar-refractivity contribution in [3.63, 3.8) is 0 Å². The van der Waals surface area contributed by atoms with Crippen LogP contribution in [0.1, 0.15) is 11.1 Å². The summed E-state index contributed by atoms with van der Waals surface area (Å²) in [7, 11) is 0.